The number of carbonyl (C=O) groups is 2. The van der Waals surface area contributed by atoms with E-state index in [0.29, 0.717) is 22.6 Å². The molecule has 9 nitrogen and oxygen atoms in total. The van der Waals surface area contributed by atoms with E-state index in [1.807, 2.05) is 26.8 Å². The van der Waals surface area contributed by atoms with Crippen molar-refractivity contribution in [2.75, 3.05) is 13.7 Å². The second-order valence-corrected chi connectivity index (χ2v) is 8.25. The molecule has 0 atom stereocenters. The van der Waals surface area contributed by atoms with Crippen LogP contribution in [-0.2, 0) is 4.74 Å². The van der Waals surface area contributed by atoms with E-state index in [1.165, 1.54) is 17.6 Å². The standard InChI is InChI=1S/C26H26N4O5/c1-6-35-26(33)20-14-19-22(27-21-16(4)8-7-13-29(21)25(19)32)30(15(2)3)23(20)28-24(31)17-9-11-18(34-5)12-10-17/h7-15H,6H2,1-5H3. The van der Waals surface area contributed by atoms with E-state index in [-0.39, 0.29) is 34.6 Å². The molecule has 1 aromatic carbocycles. The zero-order valence-electron chi connectivity index (χ0n) is 20.2. The average molecular weight is 475 g/mol. The van der Waals surface area contributed by atoms with Crippen molar-refractivity contribution in [3.8, 4) is 5.75 Å². The van der Waals surface area contributed by atoms with Crippen molar-refractivity contribution < 1.29 is 19.1 Å². The predicted octanol–water partition coefficient (Wildman–Crippen LogP) is 3.46. The fourth-order valence-electron chi connectivity index (χ4n) is 3.91. The first-order valence-electron chi connectivity index (χ1n) is 11.2. The van der Waals surface area contributed by atoms with Crippen LogP contribution in [0.1, 0.15) is 53.1 Å². The van der Waals surface area contributed by atoms with Gasteiger partial charge in [-0.2, -0.15) is 4.99 Å². The number of hydrogen-bond donors (Lipinski definition) is 0. The van der Waals surface area contributed by atoms with Gasteiger partial charge in [0.2, 0.25) is 0 Å². The first-order chi connectivity index (χ1) is 16.8. The smallest absolute Gasteiger partial charge is 0.341 e. The first kappa shape index (κ1) is 23.9. The third-order valence-electron chi connectivity index (χ3n) is 5.61. The van der Waals surface area contributed by atoms with Crippen LogP contribution in [0, 0.1) is 6.92 Å². The number of carbonyl (C=O) groups excluding carboxylic acids is 2. The highest BCUT2D eigenvalue weighted by Crippen LogP contribution is 2.17. The molecule has 35 heavy (non-hydrogen) atoms. The lowest BCUT2D eigenvalue weighted by Gasteiger charge is -2.18. The Hall–Kier alpha value is -4.27. The van der Waals surface area contributed by atoms with Crippen LogP contribution >= 0.6 is 0 Å². The maximum absolute atomic E-state index is 13.4. The van der Waals surface area contributed by atoms with Crippen molar-refractivity contribution in [1.82, 2.24) is 14.0 Å². The fourth-order valence-corrected chi connectivity index (χ4v) is 3.91. The summed E-state index contributed by atoms with van der Waals surface area (Å²) in [7, 11) is 1.54. The molecule has 0 fully saturated rings. The molecule has 4 rings (SSSR count). The van der Waals surface area contributed by atoms with Crippen LogP contribution in [0.25, 0.3) is 16.7 Å². The molecule has 0 N–H and O–H groups in total. The fraction of sp³-hybridized carbons (Fsp3) is 0.269. The summed E-state index contributed by atoms with van der Waals surface area (Å²) < 4.78 is 13.5. The second kappa shape index (κ2) is 9.54. The summed E-state index contributed by atoms with van der Waals surface area (Å²) in [5.41, 5.74) is 1.70. The Kier molecular flexibility index (Phi) is 6.50. The normalized spacial score (nSPS) is 11.9. The topological polar surface area (TPSA) is 104 Å². The number of nitrogens with zero attached hydrogens (tertiary/aromatic N) is 4. The third kappa shape index (κ3) is 4.32. The van der Waals surface area contributed by atoms with Gasteiger partial charge in [-0.05, 0) is 69.7 Å². The quantitative estimate of drug-likeness (QED) is 0.324. The van der Waals surface area contributed by atoms with E-state index in [9.17, 15) is 14.4 Å². The number of ether oxygens (including phenoxy) is 2. The van der Waals surface area contributed by atoms with Crippen LogP contribution in [0.5, 0.6) is 5.75 Å². The monoisotopic (exact) mass is 474 g/mol. The zero-order chi connectivity index (χ0) is 25.3. The molecular weight excluding hydrogens is 448 g/mol. The molecule has 0 radical (unpaired) electrons. The van der Waals surface area contributed by atoms with Crippen LogP contribution in [-0.4, -0.2) is 39.5 Å². The number of pyridine rings is 2. The summed E-state index contributed by atoms with van der Waals surface area (Å²) in [6.45, 7) is 7.40. The SMILES string of the molecule is CCOC(=O)c1cc2c(=O)n3cccc(C)c3nc2n(C(C)C)c1=NC(=O)c1ccc(OC)cc1. The Morgan fingerprint density at radius 2 is 1.83 bits per heavy atom. The lowest BCUT2D eigenvalue weighted by molar-refractivity contribution is 0.0523. The summed E-state index contributed by atoms with van der Waals surface area (Å²) >= 11 is 0. The summed E-state index contributed by atoms with van der Waals surface area (Å²) in [4.78, 5) is 48.6. The van der Waals surface area contributed by atoms with Crippen LogP contribution in [0.15, 0.2) is 58.4 Å². The van der Waals surface area contributed by atoms with Gasteiger partial charge in [-0.15, -0.1) is 0 Å². The Bertz CT molecular complexity index is 1580. The number of amides is 1. The van der Waals surface area contributed by atoms with Gasteiger partial charge in [-0.1, -0.05) is 6.07 Å². The minimum absolute atomic E-state index is 0.0152. The van der Waals surface area contributed by atoms with Crippen molar-refractivity contribution in [1.29, 1.82) is 0 Å². The van der Waals surface area contributed by atoms with Gasteiger partial charge in [0, 0.05) is 17.8 Å². The maximum atomic E-state index is 13.4. The Labute approximate surface area is 201 Å². The predicted molar refractivity (Wildman–Crippen MR) is 131 cm³/mol. The van der Waals surface area contributed by atoms with Gasteiger partial charge >= 0.3 is 5.97 Å². The minimum atomic E-state index is -0.682. The van der Waals surface area contributed by atoms with Crippen molar-refractivity contribution >= 4 is 28.6 Å². The molecule has 3 aromatic heterocycles. The van der Waals surface area contributed by atoms with Gasteiger partial charge in [0.05, 0.1) is 19.1 Å². The highest BCUT2D eigenvalue weighted by Gasteiger charge is 2.21. The van der Waals surface area contributed by atoms with Gasteiger partial charge in [0.1, 0.15) is 22.6 Å². The number of fused-ring (bicyclic) bond motifs is 2. The molecule has 180 valence electrons. The maximum Gasteiger partial charge on any atom is 0.341 e. The van der Waals surface area contributed by atoms with Crippen molar-refractivity contribution in [3.05, 3.63) is 81.2 Å². The summed E-state index contributed by atoms with van der Waals surface area (Å²) in [5.74, 6) is -0.636. The molecule has 0 bridgehead atoms. The van der Waals surface area contributed by atoms with E-state index in [4.69, 9.17) is 14.5 Å². The lowest BCUT2D eigenvalue weighted by atomic mass is 10.1. The molecule has 0 saturated carbocycles. The lowest BCUT2D eigenvalue weighted by Crippen LogP contribution is -2.33. The van der Waals surface area contributed by atoms with Gasteiger partial charge in [-0.25, -0.2) is 9.78 Å². The average Bonchev–Trinajstić information content (AvgIpc) is 2.84. The molecule has 0 saturated heterocycles. The number of aromatic nitrogens is 3. The van der Waals surface area contributed by atoms with E-state index >= 15 is 0 Å². The number of benzene rings is 1. The first-order valence-corrected chi connectivity index (χ1v) is 11.2. The van der Waals surface area contributed by atoms with E-state index in [0.717, 1.165) is 5.56 Å². The highest BCUT2D eigenvalue weighted by atomic mass is 16.5. The zero-order valence-corrected chi connectivity index (χ0v) is 20.2. The van der Waals surface area contributed by atoms with Crippen LogP contribution in [0.3, 0.4) is 0 Å². The summed E-state index contributed by atoms with van der Waals surface area (Å²) in [6, 6.07) is 11.3. The van der Waals surface area contributed by atoms with Crippen molar-refractivity contribution in [3.63, 3.8) is 0 Å². The Morgan fingerprint density at radius 3 is 2.46 bits per heavy atom. The van der Waals surface area contributed by atoms with E-state index in [2.05, 4.69) is 4.99 Å². The molecule has 0 aliphatic rings. The molecule has 0 spiro atoms. The van der Waals surface area contributed by atoms with Gasteiger partial charge in [-0.3, -0.25) is 14.0 Å². The number of aryl methyl sites for hydroxylation is 1. The van der Waals surface area contributed by atoms with Gasteiger partial charge < -0.3 is 14.0 Å². The molecule has 0 aliphatic heterocycles. The molecule has 0 aliphatic carbocycles. The van der Waals surface area contributed by atoms with Gasteiger partial charge in [0.25, 0.3) is 11.5 Å². The highest BCUT2D eigenvalue weighted by molar-refractivity contribution is 5.97. The molecule has 3 heterocycles. The second-order valence-electron chi connectivity index (χ2n) is 8.25. The third-order valence-corrected chi connectivity index (χ3v) is 5.61. The van der Waals surface area contributed by atoms with Crippen LogP contribution < -0.4 is 15.8 Å². The number of esters is 1. The molecule has 1 amide bonds. The Morgan fingerprint density at radius 1 is 1.11 bits per heavy atom. The Balaban J connectivity index is 2.12. The van der Waals surface area contributed by atoms with Crippen LogP contribution in [0.2, 0.25) is 0 Å². The van der Waals surface area contributed by atoms with E-state index in [1.54, 1.807) is 48.0 Å². The van der Waals surface area contributed by atoms with E-state index < -0.39 is 11.9 Å². The number of hydrogen-bond acceptors (Lipinski definition) is 6. The van der Waals surface area contributed by atoms with Crippen molar-refractivity contribution in [2.45, 2.75) is 33.7 Å². The minimum Gasteiger partial charge on any atom is -0.497 e. The largest absolute Gasteiger partial charge is 0.497 e. The molecule has 9 heteroatoms. The number of methoxy groups -OCH3 is 1. The summed E-state index contributed by atoms with van der Waals surface area (Å²) in [6.07, 6.45) is 1.63. The molecular formula is C26H26N4O5. The van der Waals surface area contributed by atoms with Gasteiger partial charge in [0.15, 0.2) is 5.49 Å². The molecule has 4 aromatic rings. The number of rotatable bonds is 5. The molecule has 0 unspecified atom stereocenters. The van der Waals surface area contributed by atoms with Crippen molar-refractivity contribution in [2.24, 2.45) is 4.99 Å². The van der Waals surface area contributed by atoms with Crippen LogP contribution in [0.4, 0.5) is 0 Å². The summed E-state index contributed by atoms with van der Waals surface area (Å²) in [5, 5.41) is 0.223.